The quantitative estimate of drug-likeness (QED) is 0.703. The summed E-state index contributed by atoms with van der Waals surface area (Å²) in [6.07, 6.45) is 4.90. The van der Waals surface area contributed by atoms with Crippen molar-refractivity contribution in [2.45, 2.75) is 64.5 Å². The normalized spacial score (nSPS) is 33.9. The van der Waals surface area contributed by atoms with E-state index in [1.54, 1.807) is 0 Å². The highest BCUT2D eigenvalue weighted by Gasteiger charge is 2.42. The summed E-state index contributed by atoms with van der Waals surface area (Å²) < 4.78 is 0. The Labute approximate surface area is 103 Å². The molecule has 1 saturated heterocycles. The van der Waals surface area contributed by atoms with Gasteiger partial charge in [0.15, 0.2) is 0 Å². The maximum absolute atomic E-state index is 12.1. The first-order chi connectivity index (χ1) is 7.91. The van der Waals surface area contributed by atoms with E-state index in [1.807, 2.05) is 13.8 Å². The molecular formula is C13H22N2O2. The lowest BCUT2D eigenvalue weighted by molar-refractivity contribution is -0.156. The number of rotatable bonds is 1. The van der Waals surface area contributed by atoms with E-state index in [-0.39, 0.29) is 29.3 Å². The van der Waals surface area contributed by atoms with Crippen LogP contribution in [0.25, 0.3) is 0 Å². The molecule has 0 aromatic heterocycles. The van der Waals surface area contributed by atoms with E-state index in [9.17, 15) is 9.59 Å². The summed E-state index contributed by atoms with van der Waals surface area (Å²) in [5.74, 6) is -0.0674. The minimum absolute atomic E-state index is 0.0298. The Hall–Kier alpha value is -0.900. The van der Waals surface area contributed by atoms with E-state index >= 15 is 0 Å². The standard InChI is InChI=1S/C13H22N2O2/c1-13(2)7-11(16)15(12(17)8-13)10-6-4-3-5-9(10)14/h9-10H,3-8,14H2,1-2H3/t9-,10-/m1/s1. The second kappa shape index (κ2) is 4.41. The Bertz CT molecular complexity index is 318. The lowest BCUT2D eigenvalue weighted by atomic mass is 9.79. The predicted octanol–water partition coefficient (Wildman–Crippen LogP) is 1.43. The van der Waals surface area contributed by atoms with Crippen molar-refractivity contribution in [1.29, 1.82) is 0 Å². The van der Waals surface area contributed by atoms with E-state index in [1.165, 1.54) is 4.90 Å². The molecule has 17 heavy (non-hydrogen) atoms. The fourth-order valence-electron chi connectivity index (χ4n) is 3.02. The third kappa shape index (κ3) is 2.51. The van der Waals surface area contributed by atoms with Crippen molar-refractivity contribution < 1.29 is 9.59 Å². The Morgan fingerprint density at radius 2 is 1.65 bits per heavy atom. The molecule has 4 nitrogen and oxygen atoms in total. The van der Waals surface area contributed by atoms with Crippen molar-refractivity contribution in [2.24, 2.45) is 11.1 Å². The molecule has 1 heterocycles. The van der Waals surface area contributed by atoms with E-state index in [0.717, 1.165) is 25.7 Å². The lowest BCUT2D eigenvalue weighted by Gasteiger charge is -2.42. The minimum atomic E-state index is -0.191. The molecule has 2 amide bonds. The third-order valence-corrected chi connectivity index (χ3v) is 3.91. The van der Waals surface area contributed by atoms with Gasteiger partial charge in [-0.25, -0.2) is 0 Å². The van der Waals surface area contributed by atoms with Gasteiger partial charge in [-0.15, -0.1) is 0 Å². The van der Waals surface area contributed by atoms with Crippen LogP contribution in [0.4, 0.5) is 0 Å². The van der Waals surface area contributed by atoms with Crippen molar-refractivity contribution >= 4 is 11.8 Å². The lowest BCUT2D eigenvalue weighted by Crippen LogP contribution is -2.57. The predicted molar refractivity (Wildman–Crippen MR) is 65.1 cm³/mol. The Morgan fingerprint density at radius 1 is 1.12 bits per heavy atom. The Kier molecular flexibility index (Phi) is 3.25. The van der Waals surface area contributed by atoms with Crippen LogP contribution < -0.4 is 5.73 Å². The van der Waals surface area contributed by atoms with Gasteiger partial charge in [0, 0.05) is 18.9 Å². The number of amides is 2. The maximum atomic E-state index is 12.1. The summed E-state index contributed by atoms with van der Waals surface area (Å²) in [4.78, 5) is 25.7. The van der Waals surface area contributed by atoms with Gasteiger partial charge in [0.1, 0.15) is 0 Å². The van der Waals surface area contributed by atoms with Gasteiger partial charge in [0.25, 0.3) is 0 Å². The number of likely N-dealkylation sites (tertiary alicyclic amines) is 1. The molecule has 1 saturated carbocycles. The molecule has 2 N–H and O–H groups in total. The van der Waals surface area contributed by atoms with Crippen molar-refractivity contribution in [3.63, 3.8) is 0 Å². The van der Waals surface area contributed by atoms with Gasteiger partial charge < -0.3 is 5.73 Å². The number of carbonyl (C=O) groups excluding carboxylic acids is 2. The summed E-state index contributed by atoms with van der Waals surface area (Å²) >= 11 is 0. The van der Waals surface area contributed by atoms with Crippen molar-refractivity contribution in [2.75, 3.05) is 0 Å². The highest BCUT2D eigenvalue weighted by atomic mass is 16.2. The zero-order chi connectivity index (χ0) is 12.6. The van der Waals surface area contributed by atoms with Crippen LogP contribution in [0.2, 0.25) is 0 Å². The van der Waals surface area contributed by atoms with Crippen LogP contribution in [0.3, 0.4) is 0 Å². The molecule has 0 radical (unpaired) electrons. The number of piperidine rings is 1. The molecule has 96 valence electrons. The van der Waals surface area contributed by atoms with E-state index in [4.69, 9.17) is 5.73 Å². The smallest absolute Gasteiger partial charge is 0.230 e. The average Bonchev–Trinajstić information content (AvgIpc) is 2.17. The molecule has 1 aliphatic heterocycles. The molecule has 2 atom stereocenters. The second-order valence-corrected chi connectivity index (χ2v) is 6.19. The average molecular weight is 238 g/mol. The molecule has 4 heteroatoms. The van der Waals surface area contributed by atoms with Crippen LogP contribution in [-0.4, -0.2) is 28.8 Å². The number of nitrogens with zero attached hydrogens (tertiary/aromatic N) is 1. The van der Waals surface area contributed by atoms with Gasteiger partial charge in [-0.05, 0) is 18.3 Å². The Morgan fingerprint density at radius 3 is 2.18 bits per heavy atom. The van der Waals surface area contributed by atoms with Gasteiger partial charge in [0.05, 0.1) is 6.04 Å². The van der Waals surface area contributed by atoms with Crippen LogP contribution in [0, 0.1) is 5.41 Å². The van der Waals surface area contributed by atoms with Crippen LogP contribution in [-0.2, 0) is 9.59 Å². The topological polar surface area (TPSA) is 63.4 Å². The SMILES string of the molecule is CC1(C)CC(=O)N([C@@H]2CCCC[C@H]2N)C(=O)C1. The van der Waals surface area contributed by atoms with Crippen molar-refractivity contribution in [3.05, 3.63) is 0 Å². The van der Waals surface area contributed by atoms with Crippen LogP contribution in [0.1, 0.15) is 52.4 Å². The van der Waals surface area contributed by atoms with Crippen LogP contribution >= 0.6 is 0 Å². The highest BCUT2D eigenvalue weighted by Crippen LogP contribution is 2.34. The van der Waals surface area contributed by atoms with Gasteiger partial charge >= 0.3 is 0 Å². The summed E-state index contributed by atoms with van der Waals surface area (Å²) in [6.45, 7) is 3.95. The summed E-state index contributed by atoms with van der Waals surface area (Å²) in [5.41, 5.74) is 5.86. The van der Waals surface area contributed by atoms with E-state index in [2.05, 4.69) is 0 Å². The molecule has 1 aliphatic carbocycles. The summed E-state index contributed by atoms with van der Waals surface area (Å²) in [5, 5.41) is 0. The largest absolute Gasteiger partial charge is 0.326 e. The monoisotopic (exact) mass is 238 g/mol. The molecule has 2 fully saturated rings. The first-order valence-electron chi connectivity index (χ1n) is 6.51. The highest BCUT2D eigenvalue weighted by molar-refractivity contribution is 5.98. The van der Waals surface area contributed by atoms with Gasteiger partial charge in [-0.3, -0.25) is 14.5 Å². The van der Waals surface area contributed by atoms with Crippen molar-refractivity contribution in [3.8, 4) is 0 Å². The zero-order valence-corrected chi connectivity index (χ0v) is 10.7. The number of imide groups is 1. The minimum Gasteiger partial charge on any atom is -0.326 e. The van der Waals surface area contributed by atoms with Gasteiger partial charge in [0.2, 0.25) is 11.8 Å². The Balaban J connectivity index is 2.15. The molecule has 2 aliphatic rings. The maximum Gasteiger partial charge on any atom is 0.230 e. The van der Waals surface area contributed by atoms with Gasteiger partial charge in [-0.1, -0.05) is 26.7 Å². The number of nitrogens with two attached hydrogens (primary N) is 1. The van der Waals surface area contributed by atoms with Crippen LogP contribution in [0.5, 0.6) is 0 Å². The fourth-order valence-corrected chi connectivity index (χ4v) is 3.02. The number of hydrogen-bond donors (Lipinski definition) is 1. The van der Waals surface area contributed by atoms with Gasteiger partial charge in [-0.2, -0.15) is 0 Å². The second-order valence-electron chi connectivity index (χ2n) is 6.19. The van der Waals surface area contributed by atoms with E-state index < -0.39 is 0 Å². The molecule has 0 aromatic carbocycles. The van der Waals surface area contributed by atoms with Crippen LogP contribution in [0.15, 0.2) is 0 Å². The zero-order valence-electron chi connectivity index (χ0n) is 10.7. The summed E-state index contributed by atoms with van der Waals surface area (Å²) in [7, 11) is 0. The van der Waals surface area contributed by atoms with E-state index in [0.29, 0.717) is 12.8 Å². The van der Waals surface area contributed by atoms with Crippen molar-refractivity contribution in [1.82, 2.24) is 4.90 Å². The fraction of sp³-hybridized carbons (Fsp3) is 0.846. The number of carbonyl (C=O) groups is 2. The molecular weight excluding hydrogens is 216 g/mol. The third-order valence-electron chi connectivity index (χ3n) is 3.91. The molecule has 0 aromatic rings. The first-order valence-corrected chi connectivity index (χ1v) is 6.51. The summed E-state index contributed by atoms with van der Waals surface area (Å²) in [6, 6.07) is -0.0855. The molecule has 0 unspecified atom stereocenters. The molecule has 0 bridgehead atoms. The number of hydrogen-bond acceptors (Lipinski definition) is 3. The molecule has 0 spiro atoms. The first kappa shape index (κ1) is 12.6. The molecule has 2 rings (SSSR count).